The lowest BCUT2D eigenvalue weighted by Gasteiger charge is -2.14. The molecule has 1 N–H and O–H groups in total. The Morgan fingerprint density at radius 3 is 2.10 bits per heavy atom. The molecule has 0 aliphatic carbocycles. The van der Waals surface area contributed by atoms with E-state index in [9.17, 15) is 8.42 Å². The number of benzene rings is 1. The molecule has 0 unspecified atom stereocenters. The van der Waals surface area contributed by atoms with Crippen LogP contribution in [-0.4, -0.2) is 14.7 Å². The van der Waals surface area contributed by atoms with E-state index in [4.69, 9.17) is 15.8 Å². The zero-order valence-electron chi connectivity index (χ0n) is 11.7. The first-order chi connectivity index (χ1) is 9.76. The van der Waals surface area contributed by atoms with Crippen LogP contribution >= 0.6 is 0 Å². The monoisotopic (exact) mass is 300 g/mol. The number of nitrogens with zero attached hydrogens (tertiary/aromatic N) is 3. The Hall–Kier alpha value is -2.82. The Bertz CT molecular complexity index is 831. The Kier molecular flexibility index (Phi) is 4.71. The van der Waals surface area contributed by atoms with Gasteiger partial charge in [-0.1, -0.05) is 6.07 Å². The second-order valence-corrected chi connectivity index (χ2v) is 6.35. The van der Waals surface area contributed by atoms with Crippen LogP contribution in [0, 0.1) is 47.8 Å². The molecular formula is C14H12N4O2S. The summed E-state index contributed by atoms with van der Waals surface area (Å²) >= 11 is 0. The molecule has 106 valence electrons. The van der Waals surface area contributed by atoms with E-state index in [1.165, 1.54) is 6.07 Å². The Morgan fingerprint density at radius 2 is 1.67 bits per heavy atom. The van der Waals surface area contributed by atoms with Gasteiger partial charge in [-0.15, -0.1) is 0 Å². The second-order valence-electron chi connectivity index (χ2n) is 4.36. The molecule has 0 atom stereocenters. The van der Waals surface area contributed by atoms with Crippen molar-refractivity contribution in [1.82, 2.24) is 0 Å². The number of hydrogen-bond acceptors (Lipinski definition) is 6. The van der Waals surface area contributed by atoms with E-state index in [1.807, 2.05) is 0 Å². The van der Waals surface area contributed by atoms with Crippen LogP contribution in [-0.2, 0) is 9.84 Å². The maximum atomic E-state index is 11.7. The number of nitrogens with one attached hydrogen (secondary N) is 1. The molecule has 0 aliphatic heterocycles. The first-order valence-electron chi connectivity index (χ1n) is 5.78. The zero-order chi connectivity index (χ0) is 16.2. The van der Waals surface area contributed by atoms with E-state index >= 15 is 0 Å². The molecule has 21 heavy (non-hydrogen) atoms. The van der Waals surface area contributed by atoms with E-state index in [0.717, 1.165) is 6.26 Å². The molecule has 0 aliphatic rings. The minimum absolute atomic E-state index is 0.128. The van der Waals surface area contributed by atoms with Crippen molar-refractivity contribution in [3.63, 3.8) is 0 Å². The third-order valence-electron chi connectivity index (χ3n) is 2.86. The summed E-state index contributed by atoms with van der Waals surface area (Å²) in [6.45, 7) is 3.33. The predicted molar refractivity (Wildman–Crippen MR) is 76.5 cm³/mol. The molecule has 0 bridgehead atoms. The molecule has 0 radical (unpaired) electrons. The number of anilines is 1. The average Bonchev–Trinajstić information content (AvgIpc) is 2.40. The third kappa shape index (κ3) is 3.39. The maximum absolute atomic E-state index is 11.7. The van der Waals surface area contributed by atoms with E-state index in [-0.39, 0.29) is 16.2 Å². The smallest absolute Gasteiger partial charge is 0.175 e. The van der Waals surface area contributed by atoms with E-state index < -0.39 is 9.84 Å². The van der Waals surface area contributed by atoms with Crippen LogP contribution in [0.25, 0.3) is 0 Å². The van der Waals surface area contributed by atoms with Crippen molar-refractivity contribution < 1.29 is 8.42 Å². The summed E-state index contributed by atoms with van der Waals surface area (Å²) in [6.07, 6.45) is 1.09. The van der Waals surface area contributed by atoms with Crippen molar-refractivity contribution in [2.45, 2.75) is 18.7 Å². The van der Waals surface area contributed by atoms with Crippen LogP contribution in [0.15, 0.2) is 28.3 Å². The summed E-state index contributed by atoms with van der Waals surface area (Å²) in [5.74, 6) is 0. The summed E-state index contributed by atoms with van der Waals surface area (Å²) in [5.41, 5.74) is 0.957. The van der Waals surface area contributed by atoms with Crippen LogP contribution in [0.2, 0.25) is 0 Å². The Labute approximate surface area is 123 Å². The standard InChI is InChI=1S/C14H12N4O2S/c1-9-4-5-13(21(3,19)20)10(2)14(9)18-12(8-17)11(6-15)7-16/h4-5,18H,1-3H3. The number of aryl methyl sites for hydroxylation is 1. The first kappa shape index (κ1) is 16.2. The Morgan fingerprint density at radius 1 is 1.10 bits per heavy atom. The summed E-state index contributed by atoms with van der Waals surface area (Å²) in [5, 5.41) is 29.4. The summed E-state index contributed by atoms with van der Waals surface area (Å²) in [6, 6.07) is 8.06. The van der Waals surface area contributed by atoms with Gasteiger partial charge in [0.05, 0.1) is 4.90 Å². The van der Waals surface area contributed by atoms with Gasteiger partial charge in [0.25, 0.3) is 0 Å². The third-order valence-corrected chi connectivity index (χ3v) is 4.10. The van der Waals surface area contributed by atoms with Crippen LogP contribution < -0.4 is 5.32 Å². The van der Waals surface area contributed by atoms with Gasteiger partial charge in [-0.2, -0.15) is 15.8 Å². The van der Waals surface area contributed by atoms with Crippen molar-refractivity contribution in [1.29, 1.82) is 15.8 Å². The zero-order valence-corrected chi connectivity index (χ0v) is 12.5. The quantitative estimate of drug-likeness (QED) is 0.852. The van der Waals surface area contributed by atoms with Crippen LogP contribution in [0.5, 0.6) is 0 Å². The summed E-state index contributed by atoms with van der Waals surface area (Å²) in [7, 11) is -3.42. The molecule has 0 aromatic heterocycles. The molecular weight excluding hydrogens is 288 g/mol. The van der Waals surface area contributed by atoms with Gasteiger partial charge >= 0.3 is 0 Å². The van der Waals surface area contributed by atoms with Crippen LogP contribution in [0.4, 0.5) is 5.69 Å². The van der Waals surface area contributed by atoms with Crippen molar-refractivity contribution in [3.05, 3.63) is 34.5 Å². The molecule has 1 rings (SSSR count). The van der Waals surface area contributed by atoms with Gasteiger partial charge in [0.2, 0.25) is 0 Å². The SMILES string of the molecule is Cc1ccc(S(C)(=O)=O)c(C)c1NC(C#N)=C(C#N)C#N. The maximum Gasteiger partial charge on any atom is 0.175 e. The van der Waals surface area contributed by atoms with Crippen molar-refractivity contribution in [2.75, 3.05) is 11.6 Å². The van der Waals surface area contributed by atoms with Gasteiger partial charge in [0, 0.05) is 11.9 Å². The molecule has 0 heterocycles. The molecule has 0 spiro atoms. The molecule has 1 aromatic rings. The van der Waals surface area contributed by atoms with Gasteiger partial charge in [0.15, 0.2) is 15.4 Å². The van der Waals surface area contributed by atoms with Crippen molar-refractivity contribution in [2.24, 2.45) is 0 Å². The lowest BCUT2D eigenvalue weighted by atomic mass is 10.1. The summed E-state index contributed by atoms with van der Waals surface area (Å²) in [4.78, 5) is 0.128. The molecule has 0 fully saturated rings. The lowest BCUT2D eigenvalue weighted by Crippen LogP contribution is -2.08. The normalized spacial score (nSPS) is 9.90. The fourth-order valence-electron chi connectivity index (χ4n) is 1.83. The molecule has 0 saturated carbocycles. The molecule has 1 aromatic carbocycles. The fourth-order valence-corrected chi connectivity index (χ4v) is 2.80. The second kappa shape index (κ2) is 6.09. The van der Waals surface area contributed by atoms with Crippen LogP contribution in [0.3, 0.4) is 0 Å². The number of rotatable bonds is 3. The van der Waals surface area contributed by atoms with Gasteiger partial charge in [-0.25, -0.2) is 8.42 Å². The Balaban J connectivity index is 3.55. The van der Waals surface area contributed by atoms with Crippen molar-refractivity contribution >= 4 is 15.5 Å². The van der Waals surface area contributed by atoms with Crippen molar-refractivity contribution in [3.8, 4) is 18.2 Å². The van der Waals surface area contributed by atoms with Gasteiger partial charge in [-0.3, -0.25) is 0 Å². The molecule has 6 nitrogen and oxygen atoms in total. The molecule has 0 saturated heterocycles. The molecule has 0 amide bonds. The summed E-state index contributed by atoms with van der Waals surface area (Å²) < 4.78 is 23.4. The number of hydrogen-bond donors (Lipinski definition) is 1. The minimum Gasteiger partial charge on any atom is -0.345 e. The number of allylic oxidation sites excluding steroid dienone is 2. The van der Waals surface area contributed by atoms with E-state index in [0.29, 0.717) is 16.8 Å². The molecule has 7 heteroatoms. The number of sulfone groups is 1. The van der Waals surface area contributed by atoms with Gasteiger partial charge in [-0.05, 0) is 31.0 Å². The highest BCUT2D eigenvalue weighted by molar-refractivity contribution is 7.90. The van der Waals surface area contributed by atoms with Gasteiger partial charge in [0.1, 0.15) is 23.9 Å². The highest BCUT2D eigenvalue weighted by Gasteiger charge is 2.17. The van der Waals surface area contributed by atoms with E-state index in [1.54, 1.807) is 38.1 Å². The first-order valence-corrected chi connectivity index (χ1v) is 7.67. The van der Waals surface area contributed by atoms with Crippen LogP contribution in [0.1, 0.15) is 11.1 Å². The highest BCUT2D eigenvalue weighted by Crippen LogP contribution is 2.28. The minimum atomic E-state index is -3.42. The lowest BCUT2D eigenvalue weighted by molar-refractivity contribution is 0.601. The topological polar surface area (TPSA) is 118 Å². The highest BCUT2D eigenvalue weighted by atomic mass is 32.2. The van der Waals surface area contributed by atoms with E-state index in [2.05, 4.69) is 5.32 Å². The largest absolute Gasteiger partial charge is 0.345 e. The number of nitriles is 3. The van der Waals surface area contributed by atoms with Gasteiger partial charge < -0.3 is 5.32 Å². The fraction of sp³-hybridized carbons (Fsp3) is 0.214. The average molecular weight is 300 g/mol. The predicted octanol–water partition coefficient (Wildman–Crippen LogP) is 1.94.